The minimum absolute atomic E-state index is 0.0392. The van der Waals surface area contributed by atoms with Crippen LogP contribution in [0.1, 0.15) is 33.4 Å². The molecule has 1 atom stereocenters. The lowest BCUT2D eigenvalue weighted by atomic mass is 9.93. The maximum absolute atomic E-state index is 13.5. The molecule has 0 amide bonds. The van der Waals surface area contributed by atoms with Gasteiger partial charge in [-0.3, -0.25) is 9.79 Å². The van der Waals surface area contributed by atoms with Crippen molar-refractivity contribution in [1.82, 2.24) is 0 Å². The highest BCUT2D eigenvalue weighted by atomic mass is 35.5. The number of hydrogen-bond acceptors (Lipinski definition) is 3. The van der Waals surface area contributed by atoms with Gasteiger partial charge in [-0.15, -0.1) is 0 Å². The van der Waals surface area contributed by atoms with Crippen molar-refractivity contribution in [3.8, 4) is 0 Å². The fourth-order valence-electron chi connectivity index (χ4n) is 3.83. The molecule has 3 nitrogen and oxygen atoms in total. The van der Waals surface area contributed by atoms with Gasteiger partial charge in [-0.05, 0) is 59.5 Å². The molecule has 0 fully saturated rings. The van der Waals surface area contributed by atoms with Gasteiger partial charge >= 0.3 is 0 Å². The minimum atomic E-state index is -0.665. The molecular weight excluding hydrogens is 436 g/mol. The Labute approximate surface area is 190 Å². The third-order valence-corrected chi connectivity index (χ3v) is 6.15. The smallest absolute Gasteiger partial charge is 0.162 e. The largest absolute Gasteiger partial charge is 0.392 e. The number of aliphatic hydroxyl groups excluding tert-OH is 1. The van der Waals surface area contributed by atoms with Crippen LogP contribution in [0.25, 0.3) is 0 Å². The summed E-state index contributed by atoms with van der Waals surface area (Å²) >= 11 is 12.5. The lowest BCUT2D eigenvalue weighted by Crippen LogP contribution is -2.23. The molecular formula is C25H20Cl2FNO2. The number of benzene rings is 3. The quantitative estimate of drug-likeness (QED) is 0.563. The third-order valence-electron chi connectivity index (χ3n) is 5.56. The number of halogens is 3. The molecule has 0 saturated carbocycles. The monoisotopic (exact) mass is 455 g/mol. The molecule has 1 aliphatic rings. The maximum Gasteiger partial charge on any atom is 0.162 e. The van der Waals surface area contributed by atoms with Gasteiger partial charge in [0.15, 0.2) is 5.78 Å². The van der Waals surface area contributed by atoms with Gasteiger partial charge < -0.3 is 5.11 Å². The lowest BCUT2D eigenvalue weighted by molar-refractivity contribution is -0.119. The number of aliphatic imine (C=N–C) groups is 1. The van der Waals surface area contributed by atoms with Crippen molar-refractivity contribution in [3.63, 3.8) is 0 Å². The Bertz CT molecular complexity index is 1210. The van der Waals surface area contributed by atoms with Crippen molar-refractivity contribution in [3.05, 3.63) is 104 Å². The Morgan fingerprint density at radius 2 is 1.84 bits per heavy atom. The van der Waals surface area contributed by atoms with Crippen molar-refractivity contribution < 1.29 is 14.3 Å². The van der Waals surface area contributed by atoms with Gasteiger partial charge in [-0.1, -0.05) is 47.5 Å². The van der Waals surface area contributed by atoms with Crippen LogP contribution in [0, 0.1) is 12.7 Å². The number of nitrogens with zero attached hydrogens (tertiary/aromatic N) is 1. The second-order valence-corrected chi connectivity index (χ2v) is 8.52. The van der Waals surface area contributed by atoms with E-state index in [9.17, 15) is 14.3 Å². The van der Waals surface area contributed by atoms with Crippen LogP contribution in [0.4, 0.5) is 4.39 Å². The van der Waals surface area contributed by atoms with Crippen molar-refractivity contribution in [2.45, 2.75) is 32.4 Å². The Balaban J connectivity index is 1.84. The molecule has 6 heteroatoms. The Kier molecular flexibility index (Phi) is 6.24. The molecule has 158 valence electrons. The topological polar surface area (TPSA) is 49.7 Å². The Hall–Kier alpha value is -2.53. The molecule has 0 aliphatic carbocycles. The van der Waals surface area contributed by atoms with Gasteiger partial charge in [0.1, 0.15) is 11.9 Å². The molecule has 1 heterocycles. The molecule has 4 rings (SSSR count). The van der Waals surface area contributed by atoms with Gasteiger partial charge in [0.25, 0.3) is 0 Å². The first-order valence-electron chi connectivity index (χ1n) is 9.89. The number of carbonyl (C=O) groups is 1. The molecule has 0 saturated heterocycles. The Morgan fingerprint density at radius 1 is 1.06 bits per heavy atom. The number of hydrogen-bond donors (Lipinski definition) is 1. The summed E-state index contributed by atoms with van der Waals surface area (Å²) < 4.78 is 13.5. The van der Waals surface area contributed by atoms with Crippen LogP contribution in [-0.4, -0.2) is 22.6 Å². The van der Waals surface area contributed by atoms with E-state index in [-0.39, 0.29) is 30.3 Å². The van der Waals surface area contributed by atoms with E-state index in [1.54, 1.807) is 12.1 Å². The van der Waals surface area contributed by atoms with Crippen LogP contribution in [0.2, 0.25) is 10.0 Å². The van der Waals surface area contributed by atoms with E-state index in [0.717, 1.165) is 27.8 Å². The zero-order valence-electron chi connectivity index (χ0n) is 16.8. The fraction of sp³-hybridized carbons (Fsp3) is 0.200. The van der Waals surface area contributed by atoms with Crippen molar-refractivity contribution >= 4 is 34.7 Å². The van der Waals surface area contributed by atoms with Crippen LogP contribution in [0.3, 0.4) is 0 Å². The van der Waals surface area contributed by atoms with Crippen LogP contribution in [0.15, 0.2) is 59.6 Å². The summed E-state index contributed by atoms with van der Waals surface area (Å²) in [4.78, 5) is 18.0. The molecule has 1 unspecified atom stereocenters. The summed E-state index contributed by atoms with van der Waals surface area (Å²) in [6.07, 6.45) is 0.494. The molecule has 1 N–H and O–H groups in total. The van der Waals surface area contributed by atoms with Crippen molar-refractivity contribution in [2.75, 3.05) is 0 Å². The van der Waals surface area contributed by atoms with Gasteiger partial charge in [0, 0.05) is 34.0 Å². The van der Waals surface area contributed by atoms with Crippen LogP contribution >= 0.6 is 23.2 Å². The summed E-state index contributed by atoms with van der Waals surface area (Å²) in [5.41, 5.74) is 5.59. The number of rotatable bonds is 4. The summed E-state index contributed by atoms with van der Waals surface area (Å²) in [5.74, 6) is -0.464. The number of ketones is 1. The zero-order chi connectivity index (χ0) is 22.1. The molecule has 1 aliphatic heterocycles. The van der Waals surface area contributed by atoms with Crippen LogP contribution < -0.4 is 0 Å². The first kappa shape index (κ1) is 21.7. The fourth-order valence-corrected chi connectivity index (χ4v) is 4.25. The summed E-state index contributed by atoms with van der Waals surface area (Å²) in [7, 11) is 0. The van der Waals surface area contributed by atoms with Gasteiger partial charge in [-0.25, -0.2) is 4.39 Å². The van der Waals surface area contributed by atoms with E-state index in [4.69, 9.17) is 28.2 Å². The van der Waals surface area contributed by atoms with Gasteiger partial charge in [0.05, 0.1) is 12.3 Å². The first-order valence-corrected chi connectivity index (χ1v) is 10.7. The molecule has 0 spiro atoms. The third kappa shape index (κ3) is 4.57. The predicted molar refractivity (Wildman–Crippen MR) is 122 cm³/mol. The number of fused-ring (bicyclic) bond motifs is 1. The van der Waals surface area contributed by atoms with E-state index in [1.165, 1.54) is 12.1 Å². The van der Waals surface area contributed by atoms with E-state index in [1.807, 2.05) is 37.3 Å². The normalized spacial score (nSPS) is 16.0. The second-order valence-electron chi connectivity index (χ2n) is 7.68. The van der Waals surface area contributed by atoms with Crippen LogP contribution in [0.5, 0.6) is 0 Å². The number of aryl methyl sites for hydroxylation is 1. The highest BCUT2D eigenvalue weighted by Crippen LogP contribution is 2.28. The summed E-state index contributed by atoms with van der Waals surface area (Å²) in [6.45, 7) is 1.87. The van der Waals surface area contributed by atoms with Crippen LogP contribution in [-0.2, 0) is 24.2 Å². The average Bonchev–Trinajstić information content (AvgIpc) is 2.86. The zero-order valence-corrected chi connectivity index (χ0v) is 18.3. The molecule has 3 aromatic rings. The molecule has 31 heavy (non-hydrogen) atoms. The van der Waals surface area contributed by atoms with E-state index < -0.39 is 11.9 Å². The molecule has 0 bridgehead atoms. The summed E-state index contributed by atoms with van der Waals surface area (Å²) in [6, 6.07) is 14.6. The van der Waals surface area contributed by atoms with Gasteiger partial charge in [-0.2, -0.15) is 0 Å². The number of aliphatic hydroxyl groups is 1. The average molecular weight is 456 g/mol. The standard InChI is InChI=1S/C25H20Cl2FNO2/c1-14-8-17(2-3-18(14)13-30)25-21-11-19(26)6-4-15(21)10-24(31)23(29-25)9-16-5-7-20(28)12-22(16)27/h2-8,11-12,23,30H,9-10,13H2,1H3. The SMILES string of the molecule is Cc1cc(C2=NC(Cc3ccc(F)cc3Cl)C(=O)Cc3ccc(Cl)cc32)ccc1CO. The number of carbonyl (C=O) groups excluding carboxylic acids is 1. The van der Waals surface area contributed by atoms with Gasteiger partial charge in [0.2, 0.25) is 0 Å². The minimum Gasteiger partial charge on any atom is -0.392 e. The maximum atomic E-state index is 13.5. The highest BCUT2D eigenvalue weighted by molar-refractivity contribution is 6.32. The van der Waals surface area contributed by atoms with Crippen molar-refractivity contribution in [1.29, 1.82) is 0 Å². The first-order chi connectivity index (χ1) is 14.9. The van der Waals surface area contributed by atoms with E-state index >= 15 is 0 Å². The molecule has 0 radical (unpaired) electrons. The lowest BCUT2D eigenvalue weighted by Gasteiger charge is -2.14. The molecule has 0 aromatic heterocycles. The Morgan fingerprint density at radius 3 is 2.55 bits per heavy atom. The van der Waals surface area contributed by atoms with E-state index in [2.05, 4.69) is 0 Å². The number of Topliss-reactive ketones (excluding diaryl/α,β-unsaturated/α-hetero) is 1. The van der Waals surface area contributed by atoms with Crippen molar-refractivity contribution in [2.24, 2.45) is 4.99 Å². The predicted octanol–water partition coefficient (Wildman–Crippen LogP) is 5.51. The second kappa shape index (κ2) is 8.91. The highest BCUT2D eigenvalue weighted by Gasteiger charge is 2.27. The van der Waals surface area contributed by atoms with E-state index in [0.29, 0.717) is 16.3 Å². The molecule has 3 aromatic carbocycles. The summed E-state index contributed by atoms with van der Waals surface area (Å²) in [5, 5.41) is 10.3.